The van der Waals surface area contributed by atoms with Gasteiger partial charge >= 0.3 is 0 Å². The molecule has 0 bridgehead atoms. The minimum absolute atomic E-state index is 0.701. The topological polar surface area (TPSA) is 25.8 Å². The second-order valence-corrected chi connectivity index (χ2v) is 15.3. The summed E-state index contributed by atoms with van der Waals surface area (Å²) in [6.07, 6.45) is 0. The van der Waals surface area contributed by atoms with E-state index in [1.54, 1.807) is 0 Å². The van der Waals surface area contributed by atoms with Crippen LogP contribution in [0.2, 0.25) is 0 Å². The molecule has 2 heteroatoms. The number of rotatable bonds is 5. The van der Waals surface area contributed by atoms with E-state index in [1.165, 1.54) is 70.2 Å². The van der Waals surface area contributed by atoms with Gasteiger partial charge in [-0.3, -0.25) is 0 Å². The zero-order chi connectivity index (χ0) is 38.2. The summed E-state index contributed by atoms with van der Waals surface area (Å²) in [5, 5.41) is 15.3. The summed E-state index contributed by atoms with van der Waals surface area (Å²) in [6.45, 7) is 0. The first-order valence-electron chi connectivity index (χ1n) is 19.9. The molecule has 0 radical (unpaired) electrons. The van der Waals surface area contributed by atoms with E-state index in [1.807, 2.05) is 6.07 Å². The van der Waals surface area contributed by atoms with Gasteiger partial charge in [-0.05, 0) is 111 Å². The van der Waals surface area contributed by atoms with Crippen molar-refractivity contribution in [2.24, 2.45) is 0 Å². The highest BCUT2D eigenvalue weighted by Gasteiger charge is 2.19. The second kappa shape index (κ2) is 12.9. The molecule has 0 aliphatic carbocycles. The van der Waals surface area contributed by atoms with Gasteiger partial charge in [-0.1, -0.05) is 182 Å². The van der Waals surface area contributed by atoms with E-state index >= 15 is 0 Å². The third-order valence-electron chi connectivity index (χ3n) is 12.0. The summed E-state index contributed by atoms with van der Waals surface area (Å²) in [5.74, 6) is 0.701. The van der Waals surface area contributed by atoms with Crippen molar-refractivity contribution in [3.8, 4) is 56.2 Å². The first-order chi connectivity index (χ1) is 28.7. The van der Waals surface area contributed by atoms with Crippen molar-refractivity contribution in [2.75, 3.05) is 0 Å². The highest BCUT2D eigenvalue weighted by atomic mass is 14.9. The van der Waals surface area contributed by atoms with Crippen LogP contribution in [-0.4, -0.2) is 9.97 Å². The standard InChI is InChI=1S/C56H34N2/c1-3-13-35(14-4-1)40-20-9-21-41(31-40)50-34-51(58-56(57-50)39-15-5-2-6-16-39)45-23-8-7-22-44(45)43-32-42-30-29-38-18-11-25-47-46-24-10-17-36-27-28-37-19-12-26-48(54(37)52(36)46)49(33-43)55(42)53(38)47/h1-34H. The van der Waals surface area contributed by atoms with Crippen molar-refractivity contribution in [1.29, 1.82) is 0 Å². The van der Waals surface area contributed by atoms with Crippen molar-refractivity contribution in [1.82, 2.24) is 9.97 Å². The Bertz CT molecular complexity index is 3550. The van der Waals surface area contributed by atoms with Crippen LogP contribution in [0.4, 0.5) is 0 Å². The molecule has 0 spiro atoms. The van der Waals surface area contributed by atoms with Gasteiger partial charge in [0.1, 0.15) is 0 Å². The number of hydrogen-bond donors (Lipinski definition) is 0. The van der Waals surface area contributed by atoms with Gasteiger partial charge in [-0.25, -0.2) is 9.97 Å². The number of fused-ring (bicyclic) bond motifs is 2. The third-order valence-corrected chi connectivity index (χ3v) is 12.0. The lowest BCUT2D eigenvalue weighted by atomic mass is 9.86. The van der Waals surface area contributed by atoms with Gasteiger partial charge in [-0.2, -0.15) is 0 Å². The molecule has 0 atom stereocenters. The molecule has 0 N–H and O–H groups in total. The molecule has 0 unspecified atom stereocenters. The maximum absolute atomic E-state index is 5.32. The zero-order valence-electron chi connectivity index (χ0n) is 31.5. The largest absolute Gasteiger partial charge is 0.228 e. The summed E-state index contributed by atoms with van der Waals surface area (Å²) in [7, 11) is 0. The average Bonchev–Trinajstić information content (AvgIpc) is 3.30. The molecule has 0 fully saturated rings. The molecule has 0 aliphatic rings. The Kier molecular flexibility index (Phi) is 7.26. The van der Waals surface area contributed by atoms with E-state index in [-0.39, 0.29) is 0 Å². The minimum Gasteiger partial charge on any atom is -0.228 e. The normalized spacial score (nSPS) is 11.8. The van der Waals surface area contributed by atoms with E-state index in [0.29, 0.717) is 5.82 Å². The van der Waals surface area contributed by atoms with Crippen LogP contribution in [0.25, 0.3) is 121 Å². The SMILES string of the molecule is c1ccc(-c2cccc(-c3cc(-c4ccccc4-c4cc5ccc6cccc7c8cccc9ccc%10cccc(c(c4)c5c67)c%10c98)nc(-c4ccccc4)n3)c2)cc1. The smallest absolute Gasteiger partial charge is 0.160 e. The number of nitrogens with zero attached hydrogens (tertiary/aromatic N) is 2. The molecule has 12 aromatic rings. The third kappa shape index (κ3) is 5.12. The summed E-state index contributed by atoms with van der Waals surface area (Å²) in [5.41, 5.74) is 9.47. The molecule has 2 nitrogen and oxygen atoms in total. The molecule has 0 aliphatic heterocycles. The fourth-order valence-corrected chi connectivity index (χ4v) is 9.34. The van der Waals surface area contributed by atoms with Crippen LogP contribution in [-0.2, 0) is 0 Å². The van der Waals surface area contributed by atoms with Crippen LogP contribution >= 0.6 is 0 Å². The predicted molar refractivity (Wildman–Crippen MR) is 245 cm³/mol. The van der Waals surface area contributed by atoms with Crippen molar-refractivity contribution in [3.05, 3.63) is 206 Å². The van der Waals surface area contributed by atoms with Crippen molar-refractivity contribution in [3.63, 3.8) is 0 Å². The summed E-state index contributed by atoms with van der Waals surface area (Å²) < 4.78 is 0. The van der Waals surface area contributed by atoms with Gasteiger partial charge in [0, 0.05) is 16.7 Å². The Morgan fingerprint density at radius 2 is 0.724 bits per heavy atom. The Labute approximate surface area is 335 Å². The van der Waals surface area contributed by atoms with E-state index in [9.17, 15) is 0 Å². The van der Waals surface area contributed by atoms with Crippen molar-refractivity contribution >= 4 is 64.6 Å². The lowest BCUT2D eigenvalue weighted by Crippen LogP contribution is -1.97. The quantitative estimate of drug-likeness (QED) is 0.165. The first-order valence-corrected chi connectivity index (χ1v) is 19.9. The fraction of sp³-hybridized carbons (Fsp3) is 0. The summed E-state index contributed by atoms with van der Waals surface area (Å²) in [4.78, 5) is 10.5. The van der Waals surface area contributed by atoms with Gasteiger partial charge in [0.2, 0.25) is 0 Å². The predicted octanol–water partition coefficient (Wildman–Crippen LogP) is 15.2. The first kappa shape index (κ1) is 32.6. The number of benzene rings is 10. The van der Waals surface area contributed by atoms with Crippen LogP contribution in [0.1, 0.15) is 0 Å². The zero-order valence-corrected chi connectivity index (χ0v) is 31.5. The molecule has 0 saturated carbocycles. The molecular weight excluding hydrogens is 701 g/mol. The highest BCUT2D eigenvalue weighted by Crippen LogP contribution is 2.45. The van der Waals surface area contributed by atoms with Gasteiger partial charge in [0.05, 0.1) is 11.4 Å². The Morgan fingerprint density at radius 1 is 0.241 bits per heavy atom. The number of aromatic nitrogens is 2. The van der Waals surface area contributed by atoms with E-state index < -0.39 is 0 Å². The average molecular weight is 735 g/mol. The Hall–Kier alpha value is -7.68. The van der Waals surface area contributed by atoms with Gasteiger partial charge in [-0.15, -0.1) is 0 Å². The molecule has 0 saturated heterocycles. The minimum atomic E-state index is 0.701. The molecule has 11 aromatic carbocycles. The van der Waals surface area contributed by atoms with Gasteiger partial charge in [0.15, 0.2) is 5.82 Å². The number of hydrogen-bond acceptors (Lipinski definition) is 2. The molecular formula is C56H34N2. The Morgan fingerprint density at radius 3 is 1.38 bits per heavy atom. The maximum atomic E-state index is 5.32. The molecule has 0 amide bonds. The molecule has 58 heavy (non-hydrogen) atoms. The van der Waals surface area contributed by atoms with Crippen LogP contribution in [0.3, 0.4) is 0 Å². The monoisotopic (exact) mass is 734 g/mol. The second-order valence-electron chi connectivity index (χ2n) is 15.3. The molecule has 12 rings (SSSR count). The fourth-order valence-electron chi connectivity index (χ4n) is 9.34. The van der Waals surface area contributed by atoms with E-state index in [0.717, 1.165) is 44.8 Å². The van der Waals surface area contributed by atoms with E-state index in [2.05, 4.69) is 200 Å². The molecule has 1 heterocycles. The lowest BCUT2D eigenvalue weighted by Gasteiger charge is -2.18. The van der Waals surface area contributed by atoms with Crippen LogP contribution in [0.5, 0.6) is 0 Å². The van der Waals surface area contributed by atoms with Gasteiger partial charge < -0.3 is 0 Å². The lowest BCUT2D eigenvalue weighted by molar-refractivity contribution is 1.18. The summed E-state index contributed by atoms with van der Waals surface area (Å²) >= 11 is 0. The molecule has 268 valence electrons. The highest BCUT2D eigenvalue weighted by molar-refractivity contribution is 6.37. The van der Waals surface area contributed by atoms with Crippen LogP contribution in [0, 0.1) is 0 Å². The maximum Gasteiger partial charge on any atom is 0.160 e. The van der Waals surface area contributed by atoms with Crippen molar-refractivity contribution in [2.45, 2.75) is 0 Å². The van der Waals surface area contributed by atoms with Crippen LogP contribution in [0.15, 0.2) is 206 Å². The van der Waals surface area contributed by atoms with Crippen molar-refractivity contribution < 1.29 is 0 Å². The van der Waals surface area contributed by atoms with Gasteiger partial charge in [0.25, 0.3) is 0 Å². The Balaban J connectivity index is 1.14. The van der Waals surface area contributed by atoms with E-state index in [4.69, 9.17) is 9.97 Å². The van der Waals surface area contributed by atoms with Crippen LogP contribution < -0.4 is 0 Å². The molecule has 1 aromatic heterocycles. The summed E-state index contributed by atoms with van der Waals surface area (Å²) in [6, 6.07) is 74.7.